The van der Waals surface area contributed by atoms with Crippen molar-refractivity contribution in [2.45, 2.75) is 37.1 Å². The molecule has 3 rings (SSSR count). The first-order valence-electron chi connectivity index (χ1n) is 10.3. The molecule has 9 heteroatoms. The molecule has 0 bridgehead atoms. The Morgan fingerprint density at radius 2 is 1.65 bits per heavy atom. The van der Waals surface area contributed by atoms with Crippen LogP contribution in [0.5, 0.6) is 11.5 Å². The van der Waals surface area contributed by atoms with Crippen molar-refractivity contribution >= 4 is 10.0 Å². The largest absolute Gasteiger partial charge is 0.493 e. The molecule has 2 aromatic carbocycles. The molecule has 0 radical (unpaired) electrons. The van der Waals surface area contributed by atoms with Crippen LogP contribution in [0.25, 0.3) is 0 Å². The summed E-state index contributed by atoms with van der Waals surface area (Å²) in [6, 6.07) is 7.06. The van der Waals surface area contributed by atoms with Gasteiger partial charge >= 0.3 is 0 Å². The second kappa shape index (κ2) is 10.4. The summed E-state index contributed by atoms with van der Waals surface area (Å²) in [5, 5.41) is 0. The van der Waals surface area contributed by atoms with E-state index in [2.05, 4.69) is 9.62 Å². The van der Waals surface area contributed by atoms with Gasteiger partial charge in [-0.05, 0) is 61.2 Å². The molecule has 0 fully saturated rings. The Labute approximate surface area is 182 Å². The predicted molar refractivity (Wildman–Crippen MR) is 114 cm³/mol. The zero-order chi connectivity index (χ0) is 22.4. The van der Waals surface area contributed by atoms with Crippen LogP contribution in [0.4, 0.5) is 8.78 Å². The van der Waals surface area contributed by atoms with E-state index in [1.807, 2.05) is 12.1 Å². The van der Waals surface area contributed by atoms with Crippen molar-refractivity contribution in [1.82, 2.24) is 9.62 Å². The molecule has 0 saturated heterocycles. The Morgan fingerprint density at radius 1 is 1.00 bits per heavy atom. The second-order valence-corrected chi connectivity index (χ2v) is 9.22. The van der Waals surface area contributed by atoms with Gasteiger partial charge in [0.1, 0.15) is 11.6 Å². The van der Waals surface area contributed by atoms with Gasteiger partial charge in [-0.3, -0.25) is 4.90 Å². The minimum Gasteiger partial charge on any atom is -0.493 e. The molecule has 6 nitrogen and oxygen atoms in total. The fraction of sp³-hybridized carbons (Fsp3) is 0.455. The van der Waals surface area contributed by atoms with E-state index in [0.29, 0.717) is 6.42 Å². The van der Waals surface area contributed by atoms with Gasteiger partial charge in [0.15, 0.2) is 16.4 Å². The van der Waals surface area contributed by atoms with Crippen LogP contribution in [0, 0.1) is 11.6 Å². The summed E-state index contributed by atoms with van der Waals surface area (Å²) in [6.07, 6.45) is 3.23. The number of ether oxygens (including phenoxy) is 2. The lowest BCUT2D eigenvalue weighted by molar-refractivity contribution is 0.247. The van der Waals surface area contributed by atoms with Crippen molar-refractivity contribution in [2.24, 2.45) is 0 Å². The highest BCUT2D eigenvalue weighted by atomic mass is 32.2. The van der Waals surface area contributed by atoms with Crippen molar-refractivity contribution in [1.29, 1.82) is 0 Å². The molecule has 0 saturated carbocycles. The van der Waals surface area contributed by atoms with Gasteiger partial charge in [0.05, 0.1) is 14.2 Å². The highest BCUT2D eigenvalue weighted by molar-refractivity contribution is 7.89. The van der Waals surface area contributed by atoms with Gasteiger partial charge in [0, 0.05) is 19.6 Å². The first kappa shape index (κ1) is 23.4. The van der Waals surface area contributed by atoms with Crippen molar-refractivity contribution in [2.75, 3.05) is 33.9 Å². The van der Waals surface area contributed by atoms with Gasteiger partial charge in [-0.2, -0.15) is 0 Å². The fourth-order valence-electron chi connectivity index (χ4n) is 3.79. The Kier molecular flexibility index (Phi) is 7.85. The van der Waals surface area contributed by atoms with Crippen LogP contribution in [0.3, 0.4) is 0 Å². The van der Waals surface area contributed by atoms with Crippen LogP contribution >= 0.6 is 0 Å². The highest BCUT2D eigenvalue weighted by Gasteiger charge is 2.23. The van der Waals surface area contributed by atoms with E-state index in [1.165, 1.54) is 11.1 Å². The van der Waals surface area contributed by atoms with Gasteiger partial charge in [0.25, 0.3) is 0 Å². The van der Waals surface area contributed by atoms with E-state index in [4.69, 9.17) is 9.47 Å². The molecule has 0 atom stereocenters. The number of nitrogens with one attached hydrogen (secondary N) is 1. The lowest BCUT2D eigenvalue weighted by Gasteiger charge is -2.29. The topological polar surface area (TPSA) is 67.9 Å². The smallest absolute Gasteiger partial charge is 0.246 e. The maximum absolute atomic E-state index is 13.7. The molecule has 1 N–H and O–H groups in total. The Bertz CT molecular complexity index is 995. The second-order valence-electron chi connectivity index (χ2n) is 7.51. The molecule has 170 valence electrons. The Morgan fingerprint density at radius 3 is 2.29 bits per heavy atom. The molecule has 0 unspecified atom stereocenters. The fourth-order valence-corrected chi connectivity index (χ4v) is 4.99. The van der Waals surface area contributed by atoms with Gasteiger partial charge in [0.2, 0.25) is 10.0 Å². The van der Waals surface area contributed by atoms with Gasteiger partial charge in [-0.25, -0.2) is 21.9 Å². The van der Waals surface area contributed by atoms with Crippen LogP contribution < -0.4 is 14.2 Å². The number of rotatable bonds is 10. The van der Waals surface area contributed by atoms with E-state index < -0.39 is 26.6 Å². The Balaban J connectivity index is 1.43. The van der Waals surface area contributed by atoms with E-state index in [9.17, 15) is 17.2 Å². The molecule has 1 heterocycles. The molecular formula is C22H28F2N2O4S. The molecule has 31 heavy (non-hydrogen) atoms. The van der Waals surface area contributed by atoms with E-state index >= 15 is 0 Å². The number of unbranched alkanes of at least 4 members (excludes halogenated alkanes) is 2. The first-order valence-corrected chi connectivity index (χ1v) is 11.7. The molecular weight excluding hydrogens is 426 g/mol. The number of nitrogens with zero attached hydrogens (tertiary/aromatic N) is 1. The van der Waals surface area contributed by atoms with Crippen molar-refractivity contribution in [3.63, 3.8) is 0 Å². The highest BCUT2D eigenvalue weighted by Crippen LogP contribution is 2.33. The summed E-state index contributed by atoms with van der Waals surface area (Å²) in [7, 11) is -0.952. The summed E-state index contributed by atoms with van der Waals surface area (Å²) >= 11 is 0. The maximum Gasteiger partial charge on any atom is 0.246 e. The van der Waals surface area contributed by atoms with E-state index in [-0.39, 0.29) is 6.54 Å². The summed E-state index contributed by atoms with van der Waals surface area (Å²) in [5.74, 6) is -0.714. The van der Waals surface area contributed by atoms with Gasteiger partial charge < -0.3 is 9.47 Å². The number of methoxy groups -OCH3 is 2. The van der Waals surface area contributed by atoms with Gasteiger partial charge in [-0.1, -0.05) is 12.5 Å². The van der Waals surface area contributed by atoms with Crippen molar-refractivity contribution < 1.29 is 26.7 Å². The van der Waals surface area contributed by atoms with Crippen LogP contribution in [0.1, 0.15) is 30.4 Å². The van der Waals surface area contributed by atoms with Crippen LogP contribution in [0.2, 0.25) is 0 Å². The number of benzene rings is 2. The normalized spacial score (nSPS) is 14.3. The molecule has 2 aromatic rings. The van der Waals surface area contributed by atoms with Gasteiger partial charge in [-0.15, -0.1) is 0 Å². The lowest BCUT2D eigenvalue weighted by atomic mass is 9.98. The number of fused-ring (bicyclic) bond motifs is 1. The third kappa shape index (κ3) is 5.72. The van der Waals surface area contributed by atoms with Crippen molar-refractivity contribution in [3.8, 4) is 11.5 Å². The first-order chi connectivity index (χ1) is 14.9. The molecule has 0 amide bonds. The van der Waals surface area contributed by atoms with Crippen molar-refractivity contribution in [3.05, 3.63) is 53.1 Å². The number of halogens is 2. The maximum atomic E-state index is 13.7. The minimum absolute atomic E-state index is 0.135. The SMILES string of the molecule is COc1cc2c(cc1OC)CN(CCCCCNS(=O)(=O)c1c(F)cccc1F)CC2. The minimum atomic E-state index is -4.21. The molecule has 0 spiro atoms. The third-order valence-corrected chi connectivity index (χ3v) is 6.94. The summed E-state index contributed by atoms with van der Waals surface area (Å²) < 4.78 is 64.7. The van der Waals surface area contributed by atoms with Crippen LogP contribution in [-0.2, 0) is 23.0 Å². The average Bonchev–Trinajstić information content (AvgIpc) is 2.74. The number of sulfonamides is 1. The summed E-state index contributed by atoms with van der Waals surface area (Å²) in [4.78, 5) is 1.43. The zero-order valence-corrected chi connectivity index (χ0v) is 18.6. The molecule has 0 aromatic heterocycles. The standard InChI is InChI=1S/C22H28F2N2O4S/c1-29-20-13-16-9-12-26(15-17(16)14-21(20)30-2)11-5-3-4-10-25-31(27,28)22-18(23)7-6-8-19(22)24/h6-8,13-14,25H,3-5,9-12,15H2,1-2H3. The molecule has 1 aliphatic heterocycles. The van der Waals surface area contributed by atoms with Crippen LogP contribution in [-0.4, -0.2) is 47.2 Å². The van der Waals surface area contributed by atoms with Crippen LogP contribution in [0.15, 0.2) is 35.2 Å². The molecule has 0 aliphatic carbocycles. The quantitative estimate of drug-likeness (QED) is 0.557. The predicted octanol–water partition coefficient (Wildman–Crippen LogP) is 3.49. The monoisotopic (exact) mass is 454 g/mol. The van der Waals surface area contributed by atoms with E-state index in [0.717, 1.165) is 68.6 Å². The molecule has 1 aliphatic rings. The lowest BCUT2D eigenvalue weighted by Crippen LogP contribution is -2.31. The Hall–Kier alpha value is -2.23. The summed E-state index contributed by atoms with van der Waals surface area (Å²) in [5.41, 5.74) is 2.49. The average molecular weight is 455 g/mol. The zero-order valence-electron chi connectivity index (χ0n) is 17.8. The number of hydrogen-bond donors (Lipinski definition) is 1. The third-order valence-electron chi connectivity index (χ3n) is 5.43. The number of hydrogen-bond acceptors (Lipinski definition) is 5. The summed E-state index contributed by atoms with van der Waals surface area (Å²) in [6.45, 7) is 2.80. The van der Waals surface area contributed by atoms with E-state index in [1.54, 1.807) is 14.2 Å².